The SMILES string of the molecule is Cc1nc(N)sc1C(=O)N(C)CC1CC(O)C1. The van der Waals surface area contributed by atoms with Gasteiger partial charge in [-0.3, -0.25) is 4.79 Å². The molecule has 1 fully saturated rings. The van der Waals surface area contributed by atoms with E-state index in [-0.39, 0.29) is 12.0 Å². The van der Waals surface area contributed by atoms with Crippen LogP contribution in [0.25, 0.3) is 0 Å². The average Bonchev–Trinajstić information content (AvgIpc) is 2.54. The third-order valence-corrected chi connectivity index (χ3v) is 4.07. The van der Waals surface area contributed by atoms with Gasteiger partial charge in [0.05, 0.1) is 11.8 Å². The molecular formula is C11H17N3O2S. The van der Waals surface area contributed by atoms with Crippen LogP contribution < -0.4 is 5.73 Å². The summed E-state index contributed by atoms with van der Waals surface area (Å²) in [7, 11) is 1.78. The van der Waals surface area contributed by atoms with Gasteiger partial charge in [0.25, 0.3) is 5.91 Å². The highest BCUT2D eigenvalue weighted by Gasteiger charge is 2.30. The lowest BCUT2D eigenvalue weighted by Crippen LogP contribution is -2.39. The predicted molar refractivity (Wildman–Crippen MR) is 67.0 cm³/mol. The molecule has 5 nitrogen and oxygen atoms in total. The number of aryl methyl sites for hydroxylation is 1. The van der Waals surface area contributed by atoms with Crippen LogP contribution in [0.2, 0.25) is 0 Å². The van der Waals surface area contributed by atoms with Gasteiger partial charge in [0, 0.05) is 13.6 Å². The number of anilines is 1. The molecule has 0 aliphatic heterocycles. The van der Waals surface area contributed by atoms with Crippen molar-refractivity contribution in [3.63, 3.8) is 0 Å². The monoisotopic (exact) mass is 255 g/mol. The Kier molecular flexibility index (Phi) is 3.35. The molecule has 94 valence electrons. The normalized spacial score (nSPS) is 23.2. The standard InChI is InChI=1S/C11H17N3O2S/c1-6-9(17-11(12)13-6)10(16)14(2)5-7-3-8(15)4-7/h7-8,15H,3-5H2,1-2H3,(H2,12,13). The summed E-state index contributed by atoms with van der Waals surface area (Å²) in [5.41, 5.74) is 6.27. The number of carbonyl (C=O) groups excluding carboxylic acids is 1. The van der Waals surface area contributed by atoms with Crippen LogP contribution in [-0.2, 0) is 0 Å². The first-order valence-corrected chi connectivity index (χ1v) is 6.45. The number of amides is 1. The third kappa shape index (κ3) is 2.58. The first-order valence-electron chi connectivity index (χ1n) is 5.63. The van der Waals surface area contributed by atoms with E-state index >= 15 is 0 Å². The molecule has 6 heteroatoms. The molecule has 0 aromatic carbocycles. The van der Waals surface area contributed by atoms with E-state index in [1.165, 1.54) is 11.3 Å². The molecule has 1 amide bonds. The molecule has 1 heterocycles. The zero-order valence-electron chi connectivity index (χ0n) is 10.0. The van der Waals surface area contributed by atoms with E-state index in [0.29, 0.717) is 28.2 Å². The van der Waals surface area contributed by atoms with Gasteiger partial charge in [0.1, 0.15) is 4.88 Å². The van der Waals surface area contributed by atoms with E-state index in [1.807, 2.05) is 0 Å². The zero-order chi connectivity index (χ0) is 12.6. The number of nitrogen functional groups attached to an aromatic ring is 1. The lowest BCUT2D eigenvalue weighted by atomic mass is 9.82. The van der Waals surface area contributed by atoms with Gasteiger partial charge in [-0.2, -0.15) is 0 Å². The number of thiazole rings is 1. The summed E-state index contributed by atoms with van der Waals surface area (Å²) in [5.74, 6) is 0.391. The summed E-state index contributed by atoms with van der Waals surface area (Å²) in [6.07, 6.45) is 1.41. The van der Waals surface area contributed by atoms with Gasteiger partial charge in [-0.05, 0) is 25.7 Å². The Morgan fingerprint density at radius 1 is 1.65 bits per heavy atom. The fourth-order valence-electron chi connectivity index (χ4n) is 2.11. The van der Waals surface area contributed by atoms with Crippen LogP contribution in [0.15, 0.2) is 0 Å². The average molecular weight is 255 g/mol. The highest BCUT2D eigenvalue weighted by atomic mass is 32.1. The molecule has 0 unspecified atom stereocenters. The molecule has 0 spiro atoms. The number of hydrogen-bond acceptors (Lipinski definition) is 5. The second-order valence-electron chi connectivity index (χ2n) is 4.64. The van der Waals surface area contributed by atoms with Crippen molar-refractivity contribution in [2.24, 2.45) is 5.92 Å². The second-order valence-corrected chi connectivity index (χ2v) is 5.67. The number of nitrogens with two attached hydrogens (primary N) is 1. The minimum Gasteiger partial charge on any atom is -0.393 e. The lowest BCUT2D eigenvalue weighted by molar-refractivity contribution is 0.0266. The van der Waals surface area contributed by atoms with Crippen LogP contribution >= 0.6 is 11.3 Å². The van der Waals surface area contributed by atoms with Gasteiger partial charge < -0.3 is 15.7 Å². The van der Waals surface area contributed by atoms with Gasteiger partial charge in [-0.1, -0.05) is 11.3 Å². The van der Waals surface area contributed by atoms with Crippen molar-refractivity contribution in [3.05, 3.63) is 10.6 Å². The largest absolute Gasteiger partial charge is 0.393 e. The number of carbonyl (C=O) groups is 1. The number of aliphatic hydroxyl groups excluding tert-OH is 1. The van der Waals surface area contributed by atoms with E-state index in [0.717, 1.165) is 12.8 Å². The highest BCUT2D eigenvalue weighted by molar-refractivity contribution is 7.17. The predicted octanol–water partition coefficient (Wildman–Crippen LogP) is 0.877. The Hall–Kier alpha value is -1.14. The molecular weight excluding hydrogens is 238 g/mol. The first kappa shape index (κ1) is 12.3. The zero-order valence-corrected chi connectivity index (χ0v) is 10.8. The molecule has 0 saturated heterocycles. The van der Waals surface area contributed by atoms with Crippen LogP contribution in [0, 0.1) is 12.8 Å². The van der Waals surface area contributed by atoms with Gasteiger partial charge in [0.2, 0.25) is 0 Å². The second kappa shape index (κ2) is 4.62. The summed E-state index contributed by atoms with van der Waals surface area (Å²) in [6.45, 7) is 2.48. The van der Waals surface area contributed by atoms with Crippen molar-refractivity contribution in [1.29, 1.82) is 0 Å². The van der Waals surface area contributed by atoms with E-state index < -0.39 is 0 Å². The Morgan fingerprint density at radius 3 is 2.76 bits per heavy atom. The molecule has 1 saturated carbocycles. The van der Waals surface area contributed by atoms with E-state index in [9.17, 15) is 9.90 Å². The fourth-order valence-corrected chi connectivity index (χ4v) is 2.94. The van der Waals surface area contributed by atoms with Crippen LogP contribution in [0.3, 0.4) is 0 Å². The molecule has 1 aliphatic rings. The van der Waals surface area contributed by atoms with Crippen LogP contribution in [-0.4, -0.2) is 40.6 Å². The number of rotatable bonds is 3. The molecule has 2 rings (SSSR count). The third-order valence-electron chi connectivity index (χ3n) is 3.10. The number of aromatic nitrogens is 1. The molecule has 1 aliphatic carbocycles. The molecule has 17 heavy (non-hydrogen) atoms. The van der Waals surface area contributed by atoms with Crippen molar-refractivity contribution >= 4 is 22.4 Å². The van der Waals surface area contributed by atoms with Crippen molar-refractivity contribution in [1.82, 2.24) is 9.88 Å². The van der Waals surface area contributed by atoms with E-state index in [2.05, 4.69) is 4.98 Å². The lowest BCUT2D eigenvalue weighted by Gasteiger charge is -2.34. The van der Waals surface area contributed by atoms with Gasteiger partial charge in [0.15, 0.2) is 5.13 Å². The minimum absolute atomic E-state index is 0.0295. The summed E-state index contributed by atoms with van der Waals surface area (Å²) < 4.78 is 0. The number of nitrogens with zero attached hydrogens (tertiary/aromatic N) is 2. The Morgan fingerprint density at radius 2 is 2.29 bits per heavy atom. The maximum absolute atomic E-state index is 12.1. The molecule has 3 N–H and O–H groups in total. The Labute approximate surface area is 104 Å². The summed E-state index contributed by atoms with van der Waals surface area (Å²) in [6, 6.07) is 0. The molecule has 1 aromatic heterocycles. The van der Waals surface area contributed by atoms with Crippen molar-refractivity contribution in [2.75, 3.05) is 19.3 Å². The topological polar surface area (TPSA) is 79.5 Å². The van der Waals surface area contributed by atoms with Crippen molar-refractivity contribution in [3.8, 4) is 0 Å². The van der Waals surface area contributed by atoms with Crippen molar-refractivity contribution in [2.45, 2.75) is 25.9 Å². The summed E-state index contributed by atoms with van der Waals surface area (Å²) in [5, 5.41) is 9.64. The minimum atomic E-state index is -0.177. The van der Waals surface area contributed by atoms with Gasteiger partial charge in [-0.25, -0.2) is 4.98 Å². The maximum Gasteiger partial charge on any atom is 0.265 e. The quantitative estimate of drug-likeness (QED) is 0.840. The molecule has 0 bridgehead atoms. The van der Waals surface area contributed by atoms with Crippen molar-refractivity contribution < 1.29 is 9.90 Å². The number of hydrogen-bond donors (Lipinski definition) is 2. The Bertz CT molecular complexity index is 426. The smallest absolute Gasteiger partial charge is 0.265 e. The van der Waals surface area contributed by atoms with E-state index in [1.54, 1.807) is 18.9 Å². The van der Waals surface area contributed by atoms with Crippen LogP contribution in [0.1, 0.15) is 28.2 Å². The summed E-state index contributed by atoms with van der Waals surface area (Å²) >= 11 is 1.23. The van der Waals surface area contributed by atoms with Gasteiger partial charge >= 0.3 is 0 Å². The molecule has 0 atom stereocenters. The highest BCUT2D eigenvalue weighted by Crippen LogP contribution is 2.28. The van der Waals surface area contributed by atoms with Crippen LogP contribution in [0.5, 0.6) is 0 Å². The first-order chi connectivity index (χ1) is 7.97. The van der Waals surface area contributed by atoms with E-state index in [4.69, 9.17) is 5.73 Å². The maximum atomic E-state index is 12.1. The Balaban J connectivity index is 1.97. The molecule has 0 radical (unpaired) electrons. The molecule has 1 aromatic rings. The number of aliphatic hydroxyl groups is 1. The summed E-state index contributed by atoms with van der Waals surface area (Å²) in [4.78, 5) is 18.5. The fraction of sp³-hybridized carbons (Fsp3) is 0.636. The van der Waals surface area contributed by atoms with Gasteiger partial charge in [-0.15, -0.1) is 0 Å². The van der Waals surface area contributed by atoms with Crippen LogP contribution in [0.4, 0.5) is 5.13 Å².